The first-order valence-corrected chi connectivity index (χ1v) is 3.65. The molecule has 3 nitrogen and oxygen atoms in total. The SMILES string of the molecule is CNCCCC(N)CC=O. The molecule has 60 valence electrons. The molecule has 0 fully saturated rings. The molecule has 0 bridgehead atoms. The van der Waals surface area contributed by atoms with Gasteiger partial charge in [0.2, 0.25) is 0 Å². The highest BCUT2D eigenvalue weighted by Crippen LogP contribution is 1.95. The Morgan fingerprint density at radius 3 is 2.90 bits per heavy atom. The van der Waals surface area contributed by atoms with Gasteiger partial charge in [0, 0.05) is 12.5 Å². The summed E-state index contributed by atoms with van der Waals surface area (Å²) in [5, 5.41) is 3.02. The average molecular weight is 144 g/mol. The summed E-state index contributed by atoms with van der Waals surface area (Å²) in [5.74, 6) is 0. The van der Waals surface area contributed by atoms with Crippen LogP contribution in [0.15, 0.2) is 0 Å². The fourth-order valence-electron chi connectivity index (χ4n) is 0.782. The highest BCUT2D eigenvalue weighted by molar-refractivity contribution is 5.50. The van der Waals surface area contributed by atoms with E-state index in [0.29, 0.717) is 6.42 Å². The van der Waals surface area contributed by atoms with Crippen molar-refractivity contribution in [1.82, 2.24) is 5.32 Å². The van der Waals surface area contributed by atoms with E-state index < -0.39 is 0 Å². The Bertz CT molecular complexity index is 85.7. The summed E-state index contributed by atoms with van der Waals surface area (Å²) in [4.78, 5) is 9.95. The molecule has 0 saturated heterocycles. The van der Waals surface area contributed by atoms with Gasteiger partial charge in [0.1, 0.15) is 6.29 Å². The fraction of sp³-hybridized carbons (Fsp3) is 0.857. The summed E-state index contributed by atoms with van der Waals surface area (Å²) < 4.78 is 0. The third-order valence-corrected chi connectivity index (χ3v) is 1.40. The lowest BCUT2D eigenvalue weighted by Gasteiger charge is -2.05. The van der Waals surface area contributed by atoms with Gasteiger partial charge < -0.3 is 15.8 Å². The number of aldehydes is 1. The molecule has 1 atom stereocenters. The van der Waals surface area contributed by atoms with Crippen LogP contribution < -0.4 is 11.1 Å². The van der Waals surface area contributed by atoms with Crippen LogP contribution in [-0.4, -0.2) is 25.9 Å². The maximum Gasteiger partial charge on any atom is 0.121 e. The van der Waals surface area contributed by atoms with Crippen LogP contribution in [0.5, 0.6) is 0 Å². The molecule has 0 amide bonds. The highest BCUT2D eigenvalue weighted by Gasteiger charge is 1.98. The lowest BCUT2D eigenvalue weighted by atomic mass is 10.1. The Morgan fingerprint density at radius 1 is 1.70 bits per heavy atom. The number of carbonyl (C=O) groups is 1. The minimum atomic E-state index is 0.0610. The summed E-state index contributed by atoms with van der Waals surface area (Å²) in [6, 6.07) is 0.0610. The van der Waals surface area contributed by atoms with Crippen molar-refractivity contribution in [2.24, 2.45) is 5.73 Å². The molecule has 10 heavy (non-hydrogen) atoms. The summed E-state index contributed by atoms with van der Waals surface area (Å²) in [6.07, 6.45) is 3.35. The van der Waals surface area contributed by atoms with Crippen molar-refractivity contribution in [3.05, 3.63) is 0 Å². The van der Waals surface area contributed by atoms with Gasteiger partial charge in [-0.1, -0.05) is 0 Å². The van der Waals surface area contributed by atoms with Crippen LogP contribution in [0, 0.1) is 0 Å². The first-order valence-electron chi connectivity index (χ1n) is 3.65. The molecule has 3 N–H and O–H groups in total. The topological polar surface area (TPSA) is 55.1 Å². The molecule has 0 aliphatic rings. The van der Waals surface area contributed by atoms with Gasteiger partial charge in [0.15, 0.2) is 0 Å². The molecule has 0 aromatic carbocycles. The van der Waals surface area contributed by atoms with Crippen molar-refractivity contribution in [1.29, 1.82) is 0 Å². The van der Waals surface area contributed by atoms with E-state index in [-0.39, 0.29) is 6.04 Å². The van der Waals surface area contributed by atoms with E-state index in [9.17, 15) is 4.79 Å². The van der Waals surface area contributed by atoms with Crippen molar-refractivity contribution in [3.63, 3.8) is 0 Å². The number of nitrogens with two attached hydrogens (primary N) is 1. The maximum atomic E-state index is 9.95. The van der Waals surface area contributed by atoms with Gasteiger partial charge in [-0.05, 0) is 26.4 Å². The van der Waals surface area contributed by atoms with Crippen molar-refractivity contribution in [3.8, 4) is 0 Å². The number of hydrogen-bond donors (Lipinski definition) is 2. The Hall–Kier alpha value is -0.410. The van der Waals surface area contributed by atoms with E-state index in [4.69, 9.17) is 5.73 Å². The quantitative estimate of drug-likeness (QED) is 0.404. The average Bonchev–Trinajstić information content (AvgIpc) is 1.89. The molecule has 0 heterocycles. The monoisotopic (exact) mass is 144 g/mol. The minimum Gasteiger partial charge on any atom is -0.327 e. The summed E-state index contributed by atoms with van der Waals surface area (Å²) in [7, 11) is 1.91. The van der Waals surface area contributed by atoms with E-state index >= 15 is 0 Å². The van der Waals surface area contributed by atoms with Gasteiger partial charge in [-0.3, -0.25) is 0 Å². The second-order valence-electron chi connectivity index (χ2n) is 2.41. The second-order valence-corrected chi connectivity index (χ2v) is 2.41. The first kappa shape index (κ1) is 9.59. The normalized spacial score (nSPS) is 13.0. The lowest BCUT2D eigenvalue weighted by molar-refractivity contribution is -0.108. The highest BCUT2D eigenvalue weighted by atomic mass is 16.1. The van der Waals surface area contributed by atoms with E-state index in [1.165, 1.54) is 0 Å². The maximum absolute atomic E-state index is 9.95. The minimum absolute atomic E-state index is 0.0610. The summed E-state index contributed by atoms with van der Waals surface area (Å²) >= 11 is 0. The van der Waals surface area contributed by atoms with E-state index in [2.05, 4.69) is 5.32 Å². The zero-order chi connectivity index (χ0) is 7.82. The smallest absolute Gasteiger partial charge is 0.121 e. The number of nitrogens with one attached hydrogen (secondary N) is 1. The largest absolute Gasteiger partial charge is 0.327 e. The zero-order valence-electron chi connectivity index (χ0n) is 6.47. The van der Waals surface area contributed by atoms with Crippen LogP contribution >= 0.6 is 0 Å². The Morgan fingerprint density at radius 2 is 2.40 bits per heavy atom. The molecule has 0 aliphatic heterocycles. The molecule has 0 aromatic heterocycles. The predicted molar refractivity (Wildman–Crippen MR) is 41.8 cm³/mol. The molecule has 0 rings (SSSR count). The van der Waals surface area contributed by atoms with Crippen LogP contribution in [0.1, 0.15) is 19.3 Å². The van der Waals surface area contributed by atoms with Gasteiger partial charge in [-0.25, -0.2) is 0 Å². The number of hydrogen-bond acceptors (Lipinski definition) is 3. The van der Waals surface area contributed by atoms with Crippen LogP contribution in [-0.2, 0) is 4.79 Å². The summed E-state index contributed by atoms with van der Waals surface area (Å²) in [5.41, 5.74) is 5.57. The third kappa shape index (κ3) is 5.72. The molecule has 1 unspecified atom stereocenters. The van der Waals surface area contributed by atoms with Crippen LogP contribution in [0.3, 0.4) is 0 Å². The molecular weight excluding hydrogens is 128 g/mol. The Labute approximate surface area is 62.0 Å². The molecule has 3 heteroatoms. The molecule has 0 radical (unpaired) electrons. The van der Waals surface area contributed by atoms with Gasteiger partial charge in [-0.2, -0.15) is 0 Å². The Kier molecular flexibility index (Phi) is 6.43. The van der Waals surface area contributed by atoms with Gasteiger partial charge >= 0.3 is 0 Å². The predicted octanol–water partition coefficient (Wildman–Crippen LogP) is -0.0977. The molecule has 0 spiro atoms. The van der Waals surface area contributed by atoms with E-state index in [1.807, 2.05) is 7.05 Å². The van der Waals surface area contributed by atoms with Gasteiger partial charge in [-0.15, -0.1) is 0 Å². The van der Waals surface area contributed by atoms with Gasteiger partial charge in [0.25, 0.3) is 0 Å². The van der Waals surface area contributed by atoms with E-state index in [1.54, 1.807) is 0 Å². The van der Waals surface area contributed by atoms with Crippen LogP contribution in [0.2, 0.25) is 0 Å². The number of carbonyl (C=O) groups excluding carboxylic acids is 1. The zero-order valence-corrected chi connectivity index (χ0v) is 6.47. The summed E-state index contributed by atoms with van der Waals surface area (Å²) in [6.45, 7) is 0.979. The van der Waals surface area contributed by atoms with Gasteiger partial charge in [0.05, 0.1) is 0 Å². The molecule has 0 saturated carbocycles. The molecular formula is C7H16N2O. The van der Waals surface area contributed by atoms with Crippen molar-refractivity contribution in [2.45, 2.75) is 25.3 Å². The molecule has 0 aromatic rings. The van der Waals surface area contributed by atoms with Crippen molar-refractivity contribution >= 4 is 6.29 Å². The second kappa shape index (κ2) is 6.71. The van der Waals surface area contributed by atoms with Crippen LogP contribution in [0.4, 0.5) is 0 Å². The standard InChI is InChI=1S/C7H16N2O/c1-9-5-2-3-7(8)4-6-10/h6-7,9H,2-5,8H2,1H3. The first-order chi connectivity index (χ1) is 4.81. The van der Waals surface area contributed by atoms with E-state index in [0.717, 1.165) is 25.7 Å². The lowest BCUT2D eigenvalue weighted by Crippen LogP contribution is -2.22. The number of rotatable bonds is 6. The van der Waals surface area contributed by atoms with Crippen molar-refractivity contribution < 1.29 is 4.79 Å². The van der Waals surface area contributed by atoms with Crippen molar-refractivity contribution in [2.75, 3.05) is 13.6 Å². The molecule has 0 aliphatic carbocycles. The third-order valence-electron chi connectivity index (χ3n) is 1.40. The van der Waals surface area contributed by atoms with Crippen LogP contribution in [0.25, 0.3) is 0 Å². The fourth-order valence-corrected chi connectivity index (χ4v) is 0.782. The Balaban J connectivity index is 3.04.